The third-order valence-corrected chi connectivity index (χ3v) is 1.86. The van der Waals surface area contributed by atoms with Crippen molar-refractivity contribution in [1.29, 1.82) is 0 Å². The van der Waals surface area contributed by atoms with E-state index in [1.54, 1.807) is 0 Å². The van der Waals surface area contributed by atoms with Gasteiger partial charge in [-0.25, -0.2) is 9.78 Å². The molecule has 0 atom stereocenters. The van der Waals surface area contributed by atoms with Gasteiger partial charge in [-0.1, -0.05) is 0 Å². The van der Waals surface area contributed by atoms with Crippen LogP contribution in [-0.4, -0.2) is 35.5 Å². The highest BCUT2D eigenvalue weighted by atomic mass is 16.6. The molecule has 0 aliphatic rings. The van der Waals surface area contributed by atoms with Crippen LogP contribution in [0.4, 0.5) is 5.82 Å². The summed E-state index contributed by atoms with van der Waals surface area (Å²) in [4.78, 5) is 31.4. The van der Waals surface area contributed by atoms with Gasteiger partial charge < -0.3 is 15.2 Å². The fourth-order valence-corrected chi connectivity index (χ4v) is 1.12. The van der Waals surface area contributed by atoms with E-state index in [0.29, 0.717) is 0 Å². The number of aromatic carboxylic acids is 1. The Morgan fingerprint density at radius 3 is 2.82 bits per heavy atom. The van der Waals surface area contributed by atoms with Gasteiger partial charge in [-0.2, -0.15) is 0 Å². The number of carbonyl (C=O) groups is 1. The van der Waals surface area contributed by atoms with Crippen molar-refractivity contribution < 1.29 is 14.8 Å². The Hall–Kier alpha value is -2.84. The summed E-state index contributed by atoms with van der Waals surface area (Å²) in [5.74, 6) is -1.44. The second-order valence-corrected chi connectivity index (χ2v) is 2.96. The zero-order chi connectivity index (χ0) is 12.4. The summed E-state index contributed by atoms with van der Waals surface area (Å²) in [5.41, 5.74) is -0.251. The molecule has 0 aromatic carbocycles. The number of aromatic nitrogens is 4. The second kappa shape index (κ2) is 3.96. The molecular weight excluding hydrogens is 230 g/mol. The largest absolute Gasteiger partial charge is 0.476 e. The maximum Gasteiger partial charge on any atom is 0.381 e. The molecule has 1 N–H and O–H groups in total. The van der Waals surface area contributed by atoms with Crippen LogP contribution in [0.5, 0.6) is 0 Å². The molecule has 0 bridgehead atoms. The number of hydrogen-bond acceptors (Lipinski definition) is 6. The molecule has 0 spiro atoms. The van der Waals surface area contributed by atoms with E-state index in [-0.39, 0.29) is 17.3 Å². The van der Waals surface area contributed by atoms with Crippen molar-refractivity contribution in [2.45, 2.75) is 0 Å². The minimum atomic E-state index is -1.23. The summed E-state index contributed by atoms with van der Waals surface area (Å²) in [6, 6.07) is 0. The smallest absolute Gasteiger partial charge is 0.381 e. The molecule has 0 radical (unpaired) electrons. The van der Waals surface area contributed by atoms with Crippen molar-refractivity contribution in [3.05, 3.63) is 40.7 Å². The van der Waals surface area contributed by atoms with Crippen LogP contribution in [0.1, 0.15) is 10.5 Å². The Morgan fingerprint density at radius 2 is 2.24 bits per heavy atom. The molecule has 17 heavy (non-hydrogen) atoms. The highest BCUT2D eigenvalue weighted by Crippen LogP contribution is 2.10. The molecule has 0 saturated heterocycles. The van der Waals surface area contributed by atoms with Crippen molar-refractivity contribution in [2.24, 2.45) is 0 Å². The lowest BCUT2D eigenvalue weighted by molar-refractivity contribution is -0.389. The Kier molecular flexibility index (Phi) is 2.49. The number of hydrogen-bond donors (Lipinski definition) is 1. The van der Waals surface area contributed by atoms with Crippen molar-refractivity contribution >= 4 is 11.8 Å². The van der Waals surface area contributed by atoms with Gasteiger partial charge in [0.2, 0.25) is 6.33 Å². The van der Waals surface area contributed by atoms with Gasteiger partial charge in [0, 0.05) is 0 Å². The molecule has 0 aliphatic heterocycles. The van der Waals surface area contributed by atoms with Gasteiger partial charge in [0.25, 0.3) is 0 Å². The molecule has 0 saturated carbocycles. The minimum Gasteiger partial charge on any atom is -0.476 e. The van der Waals surface area contributed by atoms with E-state index in [2.05, 4.69) is 15.0 Å². The van der Waals surface area contributed by atoms with Crippen LogP contribution in [0.25, 0.3) is 5.82 Å². The Balaban J connectivity index is 2.42. The highest BCUT2D eigenvalue weighted by molar-refractivity contribution is 5.85. The predicted octanol–water partition coefficient (Wildman–Crippen LogP) is 0.269. The molecule has 0 unspecified atom stereocenters. The van der Waals surface area contributed by atoms with Crippen molar-refractivity contribution in [2.75, 3.05) is 0 Å². The van der Waals surface area contributed by atoms with Gasteiger partial charge in [-0.15, -0.1) is 0 Å². The molecule has 0 aliphatic carbocycles. The van der Waals surface area contributed by atoms with E-state index in [4.69, 9.17) is 5.11 Å². The summed E-state index contributed by atoms with van der Waals surface area (Å²) < 4.78 is 1.22. The van der Waals surface area contributed by atoms with Crippen LogP contribution in [0, 0.1) is 10.1 Å². The fourth-order valence-electron chi connectivity index (χ4n) is 1.12. The minimum absolute atomic E-state index is 0.144. The first-order valence-corrected chi connectivity index (χ1v) is 4.32. The SMILES string of the molecule is O=C(O)c1cncc(-n2cnc([N+](=O)[O-])c2)n1. The van der Waals surface area contributed by atoms with Crippen molar-refractivity contribution in [1.82, 2.24) is 19.5 Å². The first kappa shape index (κ1) is 10.7. The topological polar surface area (TPSA) is 124 Å². The third-order valence-electron chi connectivity index (χ3n) is 1.86. The predicted molar refractivity (Wildman–Crippen MR) is 52.8 cm³/mol. The zero-order valence-corrected chi connectivity index (χ0v) is 8.22. The van der Waals surface area contributed by atoms with Gasteiger partial charge in [-0.05, 0) is 9.91 Å². The van der Waals surface area contributed by atoms with Crippen molar-refractivity contribution in [3.8, 4) is 5.82 Å². The van der Waals surface area contributed by atoms with Crippen LogP contribution in [0.15, 0.2) is 24.9 Å². The van der Waals surface area contributed by atoms with Gasteiger partial charge in [0.1, 0.15) is 6.20 Å². The number of nitrogens with zero attached hydrogens (tertiary/aromatic N) is 5. The van der Waals surface area contributed by atoms with E-state index in [9.17, 15) is 14.9 Å². The monoisotopic (exact) mass is 235 g/mol. The number of rotatable bonds is 3. The van der Waals surface area contributed by atoms with Crippen molar-refractivity contribution in [3.63, 3.8) is 0 Å². The summed E-state index contributed by atoms with van der Waals surface area (Å²) in [7, 11) is 0. The third kappa shape index (κ3) is 2.07. The van der Waals surface area contributed by atoms with Gasteiger partial charge in [-0.3, -0.25) is 9.55 Å². The Morgan fingerprint density at radius 1 is 1.47 bits per heavy atom. The number of carboxylic acid groups (broad SMARTS) is 1. The van der Waals surface area contributed by atoms with Gasteiger partial charge in [0.15, 0.2) is 11.5 Å². The molecule has 2 aromatic heterocycles. The molecule has 86 valence electrons. The average Bonchev–Trinajstić information content (AvgIpc) is 2.78. The van der Waals surface area contributed by atoms with E-state index < -0.39 is 10.9 Å². The highest BCUT2D eigenvalue weighted by Gasteiger charge is 2.13. The summed E-state index contributed by atoms with van der Waals surface area (Å²) in [5, 5.41) is 19.1. The van der Waals surface area contributed by atoms with E-state index in [0.717, 1.165) is 18.7 Å². The van der Waals surface area contributed by atoms with Gasteiger partial charge >= 0.3 is 11.8 Å². The van der Waals surface area contributed by atoms with Crippen LogP contribution in [0.2, 0.25) is 0 Å². The number of nitro groups is 1. The van der Waals surface area contributed by atoms with Crippen LogP contribution >= 0.6 is 0 Å². The molecule has 0 amide bonds. The molecule has 9 heteroatoms. The maximum absolute atomic E-state index is 10.7. The Labute approximate surface area is 93.5 Å². The normalized spacial score (nSPS) is 10.1. The van der Waals surface area contributed by atoms with Gasteiger partial charge in [0.05, 0.1) is 12.4 Å². The standard InChI is InChI=1S/C8H5N5O4/c14-8(15)5-1-9-2-6(11-5)12-3-7(10-4-12)13(16)17/h1-4H,(H,14,15). The van der Waals surface area contributed by atoms with Crippen LogP contribution < -0.4 is 0 Å². The molecule has 2 heterocycles. The first-order chi connectivity index (χ1) is 8.08. The summed E-state index contributed by atoms with van der Waals surface area (Å²) in [6.07, 6.45) is 4.64. The lowest BCUT2D eigenvalue weighted by Gasteiger charge is -1.99. The van der Waals surface area contributed by atoms with E-state index in [1.807, 2.05) is 0 Å². The zero-order valence-electron chi connectivity index (χ0n) is 8.22. The number of imidazole rings is 1. The fraction of sp³-hybridized carbons (Fsp3) is 0. The molecular formula is C8H5N5O4. The maximum atomic E-state index is 10.7. The van der Waals surface area contributed by atoms with Crippen LogP contribution in [-0.2, 0) is 0 Å². The Bertz CT molecular complexity index is 593. The second-order valence-electron chi connectivity index (χ2n) is 2.96. The summed E-state index contributed by atoms with van der Waals surface area (Å²) >= 11 is 0. The van der Waals surface area contributed by atoms with E-state index in [1.165, 1.54) is 10.8 Å². The molecule has 2 rings (SSSR count). The first-order valence-electron chi connectivity index (χ1n) is 4.32. The summed E-state index contributed by atoms with van der Waals surface area (Å²) in [6.45, 7) is 0. The quantitative estimate of drug-likeness (QED) is 0.597. The number of carboxylic acids is 1. The lowest BCUT2D eigenvalue weighted by atomic mass is 10.4. The lowest BCUT2D eigenvalue weighted by Crippen LogP contribution is -2.05. The molecule has 2 aromatic rings. The van der Waals surface area contributed by atoms with Crippen LogP contribution in [0.3, 0.4) is 0 Å². The average molecular weight is 235 g/mol. The van der Waals surface area contributed by atoms with E-state index >= 15 is 0 Å². The molecule has 0 fully saturated rings. The molecule has 9 nitrogen and oxygen atoms in total.